The topological polar surface area (TPSA) is 41.9 Å². The molecule has 1 unspecified atom stereocenters. The quantitative estimate of drug-likeness (QED) is 0.362. The van der Waals surface area contributed by atoms with E-state index in [1.807, 2.05) is 30.3 Å². The highest BCUT2D eigenvalue weighted by molar-refractivity contribution is 5.95. The van der Waals surface area contributed by atoms with Gasteiger partial charge in [0.25, 0.3) is 0 Å². The van der Waals surface area contributed by atoms with E-state index in [0.29, 0.717) is 40.7 Å². The third-order valence-electron chi connectivity index (χ3n) is 7.53. The predicted octanol–water partition coefficient (Wildman–Crippen LogP) is 7.58. The number of likely N-dealkylation sites (tertiary alicyclic amines) is 1. The van der Waals surface area contributed by atoms with Crippen molar-refractivity contribution in [2.24, 2.45) is 5.92 Å². The molecule has 1 saturated heterocycles. The van der Waals surface area contributed by atoms with Gasteiger partial charge in [-0.1, -0.05) is 31.2 Å². The van der Waals surface area contributed by atoms with Crippen LogP contribution < -0.4 is 9.47 Å². The smallest absolute Gasteiger partial charge is 0.416 e. The Hall–Kier alpha value is -3.45. The van der Waals surface area contributed by atoms with Crippen LogP contribution in [0.2, 0.25) is 0 Å². The van der Waals surface area contributed by atoms with Crippen LogP contribution in [0.25, 0.3) is 11.1 Å². The van der Waals surface area contributed by atoms with Gasteiger partial charge in [0.2, 0.25) is 0 Å². The van der Waals surface area contributed by atoms with Gasteiger partial charge in [0.1, 0.15) is 30.0 Å². The van der Waals surface area contributed by atoms with Crippen LogP contribution in [0.4, 0.5) is 13.2 Å². The van der Waals surface area contributed by atoms with Crippen molar-refractivity contribution < 1.29 is 27.8 Å². The van der Waals surface area contributed by atoms with Crippen molar-refractivity contribution in [3.63, 3.8) is 0 Å². The second kappa shape index (κ2) is 10.4. The largest absolute Gasteiger partial charge is 0.508 e. The van der Waals surface area contributed by atoms with Gasteiger partial charge >= 0.3 is 6.18 Å². The van der Waals surface area contributed by atoms with E-state index >= 15 is 0 Å². The van der Waals surface area contributed by atoms with Crippen LogP contribution in [0.15, 0.2) is 66.7 Å². The fraction of sp³-hybridized carbons (Fsp3) is 0.355. The third-order valence-corrected chi connectivity index (χ3v) is 7.53. The third kappa shape index (κ3) is 5.39. The Morgan fingerprint density at radius 1 is 1.08 bits per heavy atom. The van der Waals surface area contributed by atoms with Crippen LogP contribution in [-0.4, -0.2) is 35.7 Å². The fourth-order valence-electron chi connectivity index (χ4n) is 5.34. The average Bonchev–Trinajstić information content (AvgIpc) is 3.33. The molecule has 4 nitrogen and oxygen atoms in total. The highest BCUT2D eigenvalue weighted by Crippen LogP contribution is 2.48. The van der Waals surface area contributed by atoms with Crippen LogP contribution in [0.5, 0.6) is 17.2 Å². The molecule has 1 fully saturated rings. The van der Waals surface area contributed by atoms with E-state index in [0.717, 1.165) is 42.5 Å². The summed E-state index contributed by atoms with van der Waals surface area (Å²) in [5, 5.41) is 10.1. The molecule has 200 valence electrons. The van der Waals surface area contributed by atoms with E-state index in [-0.39, 0.29) is 5.75 Å². The normalized spacial score (nSPS) is 20.7. The highest BCUT2D eigenvalue weighted by atomic mass is 19.4. The Labute approximate surface area is 221 Å². The van der Waals surface area contributed by atoms with Crippen molar-refractivity contribution in [3.8, 4) is 17.2 Å². The van der Waals surface area contributed by atoms with E-state index in [2.05, 4.69) is 18.7 Å². The molecule has 7 heteroatoms. The van der Waals surface area contributed by atoms with Crippen molar-refractivity contribution in [2.45, 2.75) is 45.5 Å². The summed E-state index contributed by atoms with van der Waals surface area (Å²) in [6.07, 6.45) is -3.81. The maximum absolute atomic E-state index is 13.5. The molecule has 0 bridgehead atoms. The van der Waals surface area contributed by atoms with E-state index in [4.69, 9.17) is 9.47 Å². The number of phenols is 1. The second-order valence-electron chi connectivity index (χ2n) is 10.4. The number of alkyl halides is 3. The zero-order valence-corrected chi connectivity index (χ0v) is 21.8. The Morgan fingerprint density at radius 3 is 2.50 bits per heavy atom. The SMILES string of the molecule is CC1=C(c2cccc(O)c2)C(c2ccc(OC[C@H](C)N3CC[C@@H](C)C3)cc2)Oc2ccc(C(F)(F)F)cc21. The first kappa shape index (κ1) is 26.2. The number of halogens is 3. The monoisotopic (exact) mass is 523 g/mol. The van der Waals surface area contributed by atoms with Gasteiger partial charge in [-0.05, 0) is 91.9 Å². The van der Waals surface area contributed by atoms with Crippen LogP contribution in [0.3, 0.4) is 0 Å². The molecule has 3 aromatic carbocycles. The van der Waals surface area contributed by atoms with Crippen LogP contribution in [0.1, 0.15) is 55.5 Å². The molecule has 5 rings (SSSR count). The van der Waals surface area contributed by atoms with Gasteiger partial charge in [0, 0.05) is 23.7 Å². The summed E-state index contributed by atoms with van der Waals surface area (Å²) in [4.78, 5) is 2.45. The summed E-state index contributed by atoms with van der Waals surface area (Å²) in [6, 6.07) is 18.2. The van der Waals surface area contributed by atoms with Gasteiger partial charge in [-0.3, -0.25) is 4.90 Å². The number of phenolic OH excluding ortho intramolecular Hbond substituents is 1. The van der Waals surface area contributed by atoms with Gasteiger partial charge in [-0.15, -0.1) is 0 Å². The number of aromatic hydroxyl groups is 1. The molecule has 3 aromatic rings. The number of hydrogen-bond donors (Lipinski definition) is 1. The van der Waals surface area contributed by atoms with E-state index in [1.165, 1.54) is 12.5 Å². The molecule has 2 aliphatic heterocycles. The summed E-state index contributed by atoms with van der Waals surface area (Å²) in [5.41, 5.74) is 2.55. The number of rotatable bonds is 6. The number of fused-ring (bicyclic) bond motifs is 1. The maximum Gasteiger partial charge on any atom is 0.416 e. The number of nitrogens with zero attached hydrogens (tertiary/aromatic N) is 1. The van der Waals surface area contributed by atoms with Crippen LogP contribution in [0, 0.1) is 5.92 Å². The minimum atomic E-state index is -4.46. The molecular weight excluding hydrogens is 491 g/mol. The Kier molecular flexibility index (Phi) is 7.14. The van der Waals surface area contributed by atoms with Crippen molar-refractivity contribution in [1.82, 2.24) is 4.90 Å². The lowest BCUT2D eigenvalue weighted by Crippen LogP contribution is -2.35. The summed E-state index contributed by atoms with van der Waals surface area (Å²) in [6.45, 7) is 9.03. The zero-order valence-electron chi connectivity index (χ0n) is 21.8. The Morgan fingerprint density at radius 2 is 1.84 bits per heavy atom. The van der Waals surface area contributed by atoms with E-state index < -0.39 is 17.8 Å². The molecular formula is C31H32F3NO3. The lowest BCUT2D eigenvalue weighted by atomic mass is 9.85. The summed E-state index contributed by atoms with van der Waals surface area (Å²) in [7, 11) is 0. The Balaban J connectivity index is 1.44. The number of hydrogen-bond acceptors (Lipinski definition) is 4. The first-order valence-corrected chi connectivity index (χ1v) is 13.0. The lowest BCUT2D eigenvalue weighted by molar-refractivity contribution is -0.137. The molecule has 1 N–H and O–H groups in total. The summed E-state index contributed by atoms with van der Waals surface area (Å²) >= 11 is 0. The molecule has 0 aromatic heterocycles. The highest BCUT2D eigenvalue weighted by Gasteiger charge is 2.34. The molecule has 2 heterocycles. The Bertz CT molecular complexity index is 1330. The molecule has 3 atom stereocenters. The van der Waals surface area contributed by atoms with Gasteiger partial charge in [0.15, 0.2) is 0 Å². The van der Waals surface area contributed by atoms with Crippen LogP contribution >= 0.6 is 0 Å². The van der Waals surface area contributed by atoms with Crippen molar-refractivity contribution in [1.29, 1.82) is 0 Å². The summed E-state index contributed by atoms with van der Waals surface area (Å²) in [5.74, 6) is 1.92. The summed E-state index contributed by atoms with van der Waals surface area (Å²) < 4.78 is 52.7. The molecule has 0 aliphatic carbocycles. The molecule has 0 saturated carbocycles. The van der Waals surface area contributed by atoms with Crippen molar-refractivity contribution in [3.05, 3.63) is 89.0 Å². The second-order valence-corrected chi connectivity index (χ2v) is 10.4. The molecule has 2 aliphatic rings. The number of ether oxygens (including phenoxy) is 2. The standard InChI is InChI=1S/C31H32F3NO3/c1-19-13-14-35(17-19)20(2)18-37-26-10-7-22(8-11-26)30-29(23-5-4-6-25(36)15-23)21(3)27-16-24(31(32,33)34)9-12-28(27)38-30/h4-12,15-16,19-20,30,36H,13-14,17-18H2,1-3H3/t19-,20+,30?/m1/s1. The van der Waals surface area contributed by atoms with Gasteiger partial charge < -0.3 is 14.6 Å². The zero-order chi connectivity index (χ0) is 27.0. The first-order chi connectivity index (χ1) is 18.1. The van der Waals surface area contributed by atoms with Gasteiger partial charge in [-0.2, -0.15) is 13.2 Å². The maximum atomic E-state index is 13.5. The van der Waals surface area contributed by atoms with E-state index in [9.17, 15) is 18.3 Å². The van der Waals surface area contributed by atoms with Crippen molar-refractivity contribution >= 4 is 11.1 Å². The van der Waals surface area contributed by atoms with Crippen molar-refractivity contribution in [2.75, 3.05) is 19.7 Å². The molecule has 38 heavy (non-hydrogen) atoms. The first-order valence-electron chi connectivity index (χ1n) is 13.0. The lowest BCUT2D eigenvalue weighted by Gasteiger charge is -2.31. The number of allylic oxidation sites excluding steroid dienone is 1. The average molecular weight is 524 g/mol. The number of benzene rings is 3. The predicted molar refractivity (Wildman–Crippen MR) is 142 cm³/mol. The molecule has 0 radical (unpaired) electrons. The minimum Gasteiger partial charge on any atom is -0.508 e. The minimum absolute atomic E-state index is 0.0710. The molecule has 0 spiro atoms. The van der Waals surface area contributed by atoms with E-state index in [1.54, 1.807) is 25.1 Å². The van der Waals surface area contributed by atoms with Gasteiger partial charge in [0.05, 0.1) is 5.56 Å². The van der Waals surface area contributed by atoms with Gasteiger partial charge in [-0.25, -0.2) is 0 Å². The fourth-order valence-corrected chi connectivity index (χ4v) is 5.34. The van der Waals surface area contributed by atoms with Crippen LogP contribution in [-0.2, 0) is 6.18 Å². The molecule has 0 amide bonds.